The van der Waals surface area contributed by atoms with Crippen LogP contribution in [0.3, 0.4) is 0 Å². The normalized spacial score (nSPS) is 12.4. The van der Waals surface area contributed by atoms with Crippen LogP contribution < -0.4 is 5.69 Å². The van der Waals surface area contributed by atoms with Gasteiger partial charge in [0.2, 0.25) is 0 Å². The van der Waals surface area contributed by atoms with E-state index in [0.717, 1.165) is 0 Å². The van der Waals surface area contributed by atoms with Gasteiger partial charge in [-0.25, -0.2) is 4.79 Å². The Kier molecular flexibility index (Phi) is 2.12. The molecule has 1 heterocycles. The highest BCUT2D eigenvalue weighted by Crippen LogP contribution is 1.94. The van der Waals surface area contributed by atoms with Crippen molar-refractivity contribution < 1.29 is 0 Å². The van der Waals surface area contributed by atoms with Crippen LogP contribution in [0.1, 0.15) is 6.92 Å². The molecule has 0 saturated carbocycles. The van der Waals surface area contributed by atoms with Crippen molar-refractivity contribution in [1.82, 2.24) is 9.55 Å². The molecule has 1 aromatic rings. The molecular weight excluding hydrogens is 142 g/mol. The number of imidazole rings is 1. The fourth-order valence-corrected chi connectivity index (χ4v) is 0.829. The predicted octanol–water partition coefficient (Wildman–Crippen LogP) is 0.336. The van der Waals surface area contributed by atoms with Gasteiger partial charge in [0.1, 0.15) is 0 Å². The van der Waals surface area contributed by atoms with E-state index in [2.05, 4.69) is 11.1 Å². The first-order valence-corrected chi connectivity index (χ1v) is 3.37. The van der Waals surface area contributed by atoms with Crippen LogP contribution in [0, 0.1) is 17.2 Å². The minimum atomic E-state index is -0.160. The lowest BCUT2D eigenvalue weighted by Gasteiger charge is -2.00. The molecule has 0 fully saturated rings. The molecule has 0 aliphatic carbocycles. The zero-order valence-electron chi connectivity index (χ0n) is 6.24. The molecule has 1 atom stereocenters. The summed E-state index contributed by atoms with van der Waals surface area (Å²) in [7, 11) is 0. The van der Waals surface area contributed by atoms with Crippen LogP contribution in [-0.4, -0.2) is 9.55 Å². The monoisotopic (exact) mass is 151 g/mol. The number of aromatic amines is 1. The third kappa shape index (κ3) is 1.71. The van der Waals surface area contributed by atoms with E-state index in [1.165, 1.54) is 4.57 Å². The van der Waals surface area contributed by atoms with Crippen LogP contribution in [0.5, 0.6) is 0 Å². The van der Waals surface area contributed by atoms with Crippen LogP contribution in [-0.2, 0) is 6.54 Å². The Balaban J connectivity index is 2.74. The molecule has 0 aliphatic heterocycles. The van der Waals surface area contributed by atoms with Gasteiger partial charge in [0, 0.05) is 18.9 Å². The molecule has 58 valence electrons. The zero-order chi connectivity index (χ0) is 8.27. The number of nitriles is 1. The molecule has 1 unspecified atom stereocenters. The van der Waals surface area contributed by atoms with Crippen LogP contribution >= 0.6 is 0 Å². The van der Waals surface area contributed by atoms with Crippen molar-refractivity contribution in [3.8, 4) is 6.07 Å². The Hall–Kier alpha value is -1.50. The van der Waals surface area contributed by atoms with E-state index in [0.29, 0.717) is 6.54 Å². The first-order valence-electron chi connectivity index (χ1n) is 3.37. The molecule has 1 N–H and O–H groups in total. The number of hydrogen-bond donors (Lipinski definition) is 1. The Bertz CT molecular complexity index is 317. The average Bonchev–Trinajstić information content (AvgIpc) is 2.37. The summed E-state index contributed by atoms with van der Waals surface area (Å²) in [4.78, 5) is 13.4. The molecular formula is C7H9N3O. The van der Waals surface area contributed by atoms with E-state index in [-0.39, 0.29) is 11.6 Å². The first-order chi connectivity index (χ1) is 5.24. The second-order valence-corrected chi connectivity index (χ2v) is 2.45. The third-order valence-electron chi connectivity index (χ3n) is 1.41. The van der Waals surface area contributed by atoms with Gasteiger partial charge in [0.15, 0.2) is 0 Å². The summed E-state index contributed by atoms with van der Waals surface area (Å²) in [5, 5.41) is 8.45. The number of nitrogens with zero attached hydrogens (tertiary/aromatic N) is 2. The average molecular weight is 151 g/mol. The third-order valence-corrected chi connectivity index (χ3v) is 1.41. The van der Waals surface area contributed by atoms with E-state index < -0.39 is 0 Å². The summed E-state index contributed by atoms with van der Waals surface area (Å²) in [6, 6.07) is 2.06. The van der Waals surface area contributed by atoms with Gasteiger partial charge in [-0.15, -0.1) is 0 Å². The van der Waals surface area contributed by atoms with E-state index in [4.69, 9.17) is 5.26 Å². The van der Waals surface area contributed by atoms with E-state index in [1.54, 1.807) is 19.3 Å². The summed E-state index contributed by atoms with van der Waals surface area (Å²) in [5.41, 5.74) is -0.160. The lowest BCUT2D eigenvalue weighted by atomic mass is 10.2. The molecule has 0 amide bonds. The lowest BCUT2D eigenvalue weighted by molar-refractivity contribution is 0.566. The van der Waals surface area contributed by atoms with Crippen molar-refractivity contribution in [2.75, 3.05) is 0 Å². The number of hydrogen-bond acceptors (Lipinski definition) is 2. The largest absolute Gasteiger partial charge is 0.325 e. The predicted molar refractivity (Wildman–Crippen MR) is 39.8 cm³/mol. The van der Waals surface area contributed by atoms with Crippen molar-refractivity contribution in [3.63, 3.8) is 0 Å². The molecule has 1 rings (SSSR count). The maximum atomic E-state index is 10.9. The fourth-order valence-electron chi connectivity index (χ4n) is 0.829. The second-order valence-electron chi connectivity index (χ2n) is 2.45. The van der Waals surface area contributed by atoms with Crippen molar-refractivity contribution in [2.45, 2.75) is 13.5 Å². The van der Waals surface area contributed by atoms with Crippen LogP contribution in [0.15, 0.2) is 17.2 Å². The number of nitrogens with one attached hydrogen (secondary N) is 1. The van der Waals surface area contributed by atoms with Crippen LogP contribution in [0.4, 0.5) is 0 Å². The van der Waals surface area contributed by atoms with Gasteiger partial charge in [0.05, 0.1) is 12.0 Å². The Morgan fingerprint density at radius 3 is 3.09 bits per heavy atom. The van der Waals surface area contributed by atoms with E-state index in [9.17, 15) is 4.79 Å². The second kappa shape index (κ2) is 3.06. The van der Waals surface area contributed by atoms with Crippen molar-refractivity contribution >= 4 is 0 Å². The molecule has 0 aromatic carbocycles. The summed E-state index contributed by atoms with van der Waals surface area (Å²) in [6.07, 6.45) is 3.20. The Morgan fingerprint density at radius 2 is 2.64 bits per heavy atom. The molecule has 4 heteroatoms. The standard InChI is InChI=1S/C7H9N3O/c1-6(4-8)5-10-3-2-9-7(10)11/h2-3,6H,5H2,1H3,(H,9,11). The highest BCUT2D eigenvalue weighted by Gasteiger charge is 2.01. The van der Waals surface area contributed by atoms with Crippen molar-refractivity contribution in [2.24, 2.45) is 5.92 Å². The molecule has 0 aliphatic rings. The van der Waals surface area contributed by atoms with Gasteiger partial charge in [-0.2, -0.15) is 5.26 Å². The highest BCUT2D eigenvalue weighted by molar-refractivity contribution is 4.83. The van der Waals surface area contributed by atoms with Gasteiger partial charge in [-0.05, 0) is 6.92 Å². The molecule has 4 nitrogen and oxygen atoms in total. The Morgan fingerprint density at radius 1 is 1.91 bits per heavy atom. The summed E-state index contributed by atoms with van der Waals surface area (Å²) >= 11 is 0. The SMILES string of the molecule is CC(C#N)Cn1cc[nH]c1=O. The van der Waals surface area contributed by atoms with Gasteiger partial charge in [0.25, 0.3) is 0 Å². The molecule has 0 spiro atoms. The highest BCUT2D eigenvalue weighted by atomic mass is 16.1. The summed E-state index contributed by atoms with van der Waals surface area (Å²) in [6.45, 7) is 2.23. The van der Waals surface area contributed by atoms with Crippen molar-refractivity contribution in [1.29, 1.82) is 5.26 Å². The summed E-state index contributed by atoms with van der Waals surface area (Å²) < 4.78 is 1.48. The minimum Gasteiger partial charge on any atom is -0.313 e. The maximum absolute atomic E-state index is 10.9. The fraction of sp³-hybridized carbons (Fsp3) is 0.429. The topological polar surface area (TPSA) is 61.6 Å². The van der Waals surface area contributed by atoms with E-state index in [1.807, 2.05) is 0 Å². The maximum Gasteiger partial charge on any atom is 0.325 e. The minimum absolute atomic E-state index is 0.122. The van der Waals surface area contributed by atoms with Gasteiger partial charge < -0.3 is 4.98 Å². The molecule has 0 bridgehead atoms. The lowest BCUT2D eigenvalue weighted by Crippen LogP contribution is -2.19. The van der Waals surface area contributed by atoms with Gasteiger partial charge >= 0.3 is 5.69 Å². The molecule has 1 aromatic heterocycles. The number of H-pyrrole nitrogens is 1. The first kappa shape index (κ1) is 7.61. The van der Waals surface area contributed by atoms with E-state index >= 15 is 0 Å². The Labute approximate surface area is 64.1 Å². The number of aromatic nitrogens is 2. The summed E-state index contributed by atoms with van der Waals surface area (Å²) in [5.74, 6) is -0.122. The smallest absolute Gasteiger partial charge is 0.313 e. The molecule has 11 heavy (non-hydrogen) atoms. The van der Waals surface area contributed by atoms with Crippen molar-refractivity contribution in [3.05, 3.63) is 22.9 Å². The van der Waals surface area contributed by atoms with Gasteiger partial charge in [-0.1, -0.05) is 0 Å². The van der Waals surface area contributed by atoms with Crippen LogP contribution in [0.25, 0.3) is 0 Å². The van der Waals surface area contributed by atoms with Gasteiger partial charge in [-0.3, -0.25) is 4.57 Å². The molecule has 0 saturated heterocycles. The zero-order valence-corrected chi connectivity index (χ0v) is 6.24. The quantitative estimate of drug-likeness (QED) is 0.662. The number of rotatable bonds is 2. The van der Waals surface area contributed by atoms with Crippen LogP contribution in [0.2, 0.25) is 0 Å². The molecule has 0 radical (unpaired) electrons.